The maximum atomic E-state index is 11.0. The molecule has 0 spiro atoms. The molecule has 0 saturated heterocycles. The predicted octanol–water partition coefficient (Wildman–Crippen LogP) is 4.48. The topological polar surface area (TPSA) is 17.1 Å². The molecule has 1 nitrogen and oxygen atoms in total. The van der Waals surface area contributed by atoms with Gasteiger partial charge in [0.1, 0.15) is 10.3 Å². The highest BCUT2D eigenvalue weighted by atomic mass is 35.5. The Kier molecular flexibility index (Phi) is 5.70. The van der Waals surface area contributed by atoms with Crippen LogP contribution in [0.2, 0.25) is 0 Å². The smallest absolute Gasteiger partial charge is 0.129 e. The van der Waals surface area contributed by atoms with Crippen molar-refractivity contribution in [1.29, 1.82) is 0 Å². The van der Waals surface area contributed by atoms with Gasteiger partial charge in [-0.3, -0.25) is 0 Å². The second-order valence-electron chi connectivity index (χ2n) is 4.41. The van der Waals surface area contributed by atoms with E-state index in [0.717, 1.165) is 6.42 Å². The highest BCUT2D eigenvalue weighted by molar-refractivity contribution is 6.55. The van der Waals surface area contributed by atoms with Crippen LogP contribution in [0.3, 0.4) is 0 Å². The number of carbonyl (C=O) groups is 1. The van der Waals surface area contributed by atoms with Crippen LogP contribution in [0.4, 0.5) is 0 Å². The van der Waals surface area contributed by atoms with Crippen LogP contribution in [0.5, 0.6) is 0 Å². The summed E-state index contributed by atoms with van der Waals surface area (Å²) < 4.78 is 0.343. The van der Waals surface area contributed by atoms with E-state index in [1.165, 1.54) is 25.7 Å². The van der Waals surface area contributed by atoms with Gasteiger partial charge in [-0.1, -0.05) is 42.1 Å². The molecule has 0 heterocycles. The zero-order valence-electron chi connectivity index (χ0n) is 9.14. The van der Waals surface area contributed by atoms with Crippen LogP contribution in [0, 0.1) is 11.8 Å². The van der Waals surface area contributed by atoms with Crippen LogP contribution in [-0.4, -0.2) is 5.78 Å². The lowest BCUT2D eigenvalue weighted by Crippen LogP contribution is -2.10. The van der Waals surface area contributed by atoms with Gasteiger partial charge in [-0.25, -0.2) is 0 Å². The van der Waals surface area contributed by atoms with Gasteiger partial charge in [-0.15, -0.1) is 0 Å². The van der Waals surface area contributed by atoms with Crippen molar-refractivity contribution in [3.8, 4) is 0 Å². The van der Waals surface area contributed by atoms with E-state index in [9.17, 15) is 4.79 Å². The first-order valence-electron chi connectivity index (χ1n) is 5.62. The normalized spacial score (nSPS) is 18.9. The number of hydrogen-bond acceptors (Lipinski definition) is 1. The predicted molar refractivity (Wildman–Crippen MR) is 65.2 cm³/mol. The van der Waals surface area contributed by atoms with E-state index in [2.05, 4.69) is 0 Å². The largest absolute Gasteiger partial charge is 0.300 e. The molecule has 86 valence electrons. The van der Waals surface area contributed by atoms with Gasteiger partial charge in [0.05, 0.1) is 0 Å². The second kappa shape index (κ2) is 6.55. The second-order valence-corrected chi connectivity index (χ2v) is 5.41. The Bertz CT molecular complexity index is 238. The molecule has 1 rings (SSSR count). The van der Waals surface area contributed by atoms with Crippen LogP contribution in [0.1, 0.15) is 45.4 Å². The summed E-state index contributed by atoms with van der Waals surface area (Å²) in [6.45, 7) is 1.64. The number of carbonyl (C=O) groups excluding carboxylic acids is 1. The third-order valence-corrected chi connectivity index (χ3v) is 3.43. The van der Waals surface area contributed by atoms with Crippen LogP contribution in [0.25, 0.3) is 0 Å². The average molecular weight is 249 g/mol. The summed E-state index contributed by atoms with van der Waals surface area (Å²) in [7, 11) is 0. The van der Waals surface area contributed by atoms with Crippen molar-refractivity contribution in [3.05, 3.63) is 10.6 Å². The summed E-state index contributed by atoms with van der Waals surface area (Å²) >= 11 is 11.4. The lowest BCUT2D eigenvalue weighted by atomic mass is 9.87. The number of halogens is 2. The molecular formula is C12H18Cl2O. The van der Waals surface area contributed by atoms with Gasteiger partial charge in [0.25, 0.3) is 0 Å². The van der Waals surface area contributed by atoms with Gasteiger partial charge < -0.3 is 4.79 Å². The van der Waals surface area contributed by atoms with Crippen molar-refractivity contribution in [3.63, 3.8) is 0 Å². The number of hydrogen-bond donors (Lipinski definition) is 0. The highest BCUT2D eigenvalue weighted by Crippen LogP contribution is 2.35. The third-order valence-electron chi connectivity index (χ3n) is 3.18. The number of allylic oxidation sites excluding steroid dienone is 1. The summed E-state index contributed by atoms with van der Waals surface area (Å²) in [6, 6.07) is 0. The highest BCUT2D eigenvalue weighted by Gasteiger charge is 2.23. The summed E-state index contributed by atoms with van der Waals surface area (Å²) in [4.78, 5) is 11.0. The van der Waals surface area contributed by atoms with Crippen LogP contribution in [-0.2, 0) is 4.79 Å². The quantitative estimate of drug-likeness (QED) is 0.702. The first-order valence-corrected chi connectivity index (χ1v) is 6.37. The molecule has 0 aromatic carbocycles. The Morgan fingerprint density at radius 2 is 2.00 bits per heavy atom. The van der Waals surface area contributed by atoms with Crippen molar-refractivity contribution in [2.75, 3.05) is 0 Å². The van der Waals surface area contributed by atoms with Crippen molar-refractivity contribution in [1.82, 2.24) is 0 Å². The van der Waals surface area contributed by atoms with Gasteiger partial charge in [-0.2, -0.15) is 0 Å². The van der Waals surface area contributed by atoms with Gasteiger partial charge in [-0.05, 0) is 38.0 Å². The Balaban J connectivity index is 2.52. The van der Waals surface area contributed by atoms with Crippen LogP contribution in [0.15, 0.2) is 10.6 Å². The number of Topliss-reactive ketones (excluding diaryl/α,β-unsaturated/α-hetero) is 1. The summed E-state index contributed by atoms with van der Waals surface area (Å²) in [5, 5.41) is 0. The molecular weight excluding hydrogens is 231 g/mol. The fourth-order valence-corrected chi connectivity index (χ4v) is 2.70. The van der Waals surface area contributed by atoms with Gasteiger partial charge >= 0.3 is 0 Å². The maximum Gasteiger partial charge on any atom is 0.129 e. The minimum atomic E-state index is 0.247. The van der Waals surface area contributed by atoms with Gasteiger partial charge in [0, 0.05) is 6.42 Å². The molecule has 0 radical (unpaired) electrons. The molecule has 1 aliphatic rings. The van der Waals surface area contributed by atoms with Gasteiger partial charge in [0.2, 0.25) is 0 Å². The SMILES string of the molecule is CC(=O)CCC(C=C(Cl)Cl)C1CCCC1. The molecule has 1 aliphatic carbocycles. The molecule has 1 fully saturated rings. The van der Waals surface area contributed by atoms with E-state index < -0.39 is 0 Å². The summed E-state index contributed by atoms with van der Waals surface area (Å²) in [5.74, 6) is 1.32. The molecule has 0 aliphatic heterocycles. The number of rotatable bonds is 5. The lowest BCUT2D eigenvalue weighted by Gasteiger charge is -2.19. The third kappa shape index (κ3) is 5.03. The van der Waals surface area contributed by atoms with Crippen molar-refractivity contribution >= 4 is 29.0 Å². The zero-order chi connectivity index (χ0) is 11.3. The number of ketones is 1. The van der Waals surface area contributed by atoms with Crippen molar-refractivity contribution < 1.29 is 4.79 Å². The van der Waals surface area contributed by atoms with E-state index in [-0.39, 0.29) is 5.78 Å². The standard InChI is InChI=1S/C12H18Cl2O/c1-9(15)6-7-11(8-12(13)14)10-4-2-3-5-10/h8,10-11H,2-7H2,1H3. The Morgan fingerprint density at radius 3 is 2.47 bits per heavy atom. The zero-order valence-corrected chi connectivity index (χ0v) is 10.7. The molecule has 1 atom stereocenters. The van der Waals surface area contributed by atoms with E-state index >= 15 is 0 Å². The molecule has 3 heteroatoms. The Labute approximate surface area is 102 Å². The van der Waals surface area contributed by atoms with Crippen LogP contribution < -0.4 is 0 Å². The molecule has 1 unspecified atom stereocenters. The minimum absolute atomic E-state index is 0.247. The lowest BCUT2D eigenvalue weighted by molar-refractivity contribution is -0.117. The molecule has 0 N–H and O–H groups in total. The fourth-order valence-electron chi connectivity index (χ4n) is 2.37. The van der Waals surface area contributed by atoms with E-state index in [4.69, 9.17) is 23.2 Å². The van der Waals surface area contributed by atoms with E-state index in [0.29, 0.717) is 22.7 Å². The van der Waals surface area contributed by atoms with Crippen LogP contribution >= 0.6 is 23.2 Å². The Hall–Kier alpha value is -0.0100. The van der Waals surface area contributed by atoms with Crippen molar-refractivity contribution in [2.24, 2.45) is 11.8 Å². The molecule has 0 aromatic heterocycles. The first kappa shape index (κ1) is 13.1. The monoisotopic (exact) mass is 248 g/mol. The minimum Gasteiger partial charge on any atom is -0.300 e. The molecule has 1 saturated carbocycles. The fraction of sp³-hybridized carbons (Fsp3) is 0.750. The first-order chi connectivity index (χ1) is 7.09. The summed E-state index contributed by atoms with van der Waals surface area (Å²) in [6.07, 6.45) is 8.55. The average Bonchev–Trinajstić information content (AvgIpc) is 2.63. The van der Waals surface area contributed by atoms with E-state index in [1.807, 2.05) is 6.08 Å². The molecule has 0 bridgehead atoms. The molecule has 0 amide bonds. The summed E-state index contributed by atoms with van der Waals surface area (Å²) in [5.41, 5.74) is 0. The van der Waals surface area contributed by atoms with Crippen molar-refractivity contribution in [2.45, 2.75) is 45.4 Å². The van der Waals surface area contributed by atoms with Gasteiger partial charge in [0.15, 0.2) is 0 Å². The molecule has 0 aromatic rings. The maximum absolute atomic E-state index is 11.0. The van der Waals surface area contributed by atoms with E-state index in [1.54, 1.807) is 6.92 Å². The molecule has 15 heavy (non-hydrogen) atoms. The Morgan fingerprint density at radius 1 is 1.40 bits per heavy atom.